The second kappa shape index (κ2) is 9.51. The van der Waals surface area contributed by atoms with Gasteiger partial charge in [-0.3, -0.25) is 25.0 Å². The lowest BCUT2D eigenvalue weighted by Crippen LogP contribution is -2.54. The molecule has 2 atom stereocenters. The van der Waals surface area contributed by atoms with Gasteiger partial charge in [-0.1, -0.05) is 23.7 Å². The Labute approximate surface area is 178 Å². The molecule has 1 heterocycles. The quantitative estimate of drug-likeness (QED) is 0.543. The number of aliphatic imine (C=N–C) groups is 2. The number of methoxy groups -OCH3 is 2. The summed E-state index contributed by atoms with van der Waals surface area (Å²) in [7, 11) is 2.84. The van der Waals surface area contributed by atoms with Crippen LogP contribution >= 0.6 is 11.6 Å². The molecule has 0 saturated heterocycles. The van der Waals surface area contributed by atoms with E-state index in [0.717, 1.165) is 11.1 Å². The molecule has 0 saturated carbocycles. The first-order chi connectivity index (χ1) is 14.4. The fourth-order valence-corrected chi connectivity index (χ4v) is 3.07. The summed E-state index contributed by atoms with van der Waals surface area (Å²) in [5.74, 6) is -0.308. The monoisotopic (exact) mass is 428 g/mol. The molecule has 1 aliphatic heterocycles. The maximum Gasteiger partial charge on any atom is 0.327 e. The van der Waals surface area contributed by atoms with Gasteiger partial charge in [-0.25, -0.2) is 5.43 Å². The first-order valence-corrected chi connectivity index (χ1v) is 9.47. The van der Waals surface area contributed by atoms with Gasteiger partial charge in [0.25, 0.3) is 0 Å². The highest BCUT2D eigenvalue weighted by molar-refractivity contribution is 6.30. The summed E-state index contributed by atoms with van der Waals surface area (Å²) in [5.41, 5.74) is 7.88. The maximum atomic E-state index is 12.4. The zero-order valence-electron chi connectivity index (χ0n) is 16.7. The number of amides is 1. The minimum Gasteiger partial charge on any atom is -0.497 e. The van der Waals surface area contributed by atoms with Gasteiger partial charge < -0.3 is 9.47 Å². The predicted molar refractivity (Wildman–Crippen MR) is 115 cm³/mol. The summed E-state index contributed by atoms with van der Waals surface area (Å²) < 4.78 is 10.2. The summed E-state index contributed by atoms with van der Waals surface area (Å²) in [4.78, 5) is 33.1. The summed E-state index contributed by atoms with van der Waals surface area (Å²) in [6.45, 7) is 1.33. The fraction of sp³-hybridized carbons (Fsp3) is 0.238. The standard InChI is InChI=1S/C21H21ClN4O4/c1-12(27)25-26-20(21(28)30-3)18-11-23-17-9-8-15(29-2)10-16(17)19(24-18)13-4-6-14(22)7-5-13/h4-11,18,20,26H,1-3H3,(H,25,27)/t18-,20-/m1/s1. The molecular formula is C21H21ClN4O4. The Hall–Kier alpha value is -3.23. The van der Waals surface area contributed by atoms with Crippen LogP contribution in [0.25, 0.3) is 0 Å². The highest BCUT2D eigenvalue weighted by Gasteiger charge is 2.31. The normalized spacial score (nSPS) is 16.0. The Balaban J connectivity index is 2.13. The van der Waals surface area contributed by atoms with E-state index < -0.39 is 18.1 Å². The third-order valence-electron chi connectivity index (χ3n) is 4.42. The van der Waals surface area contributed by atoms with Crippen molar-refractivity contribution in [2.24, 2.45) is 9.98 Å². The van der Waals surface area contributed by atoms with E-state index in [1.807, 2.05) is 24.3 Å². The zero-order chi connectivity index (χ0) is 21.7. The van der Waals surface area contributed by atoms with Crippen molar-refractivity contribution in [1.29, 1.82) is 0 Å². The third kappa shape index (κ3) is 4.84. The fourth-order valence-electron chi connectivity index (χ4n) is 2.94. The number of benzene rings is 2. The Morgan fingerprint density at radius 1 is 1.13 bits per heavy atom. The number of fused-ring (bicyclic) bond motifs is 1. The molecule has 8 nitrogen and oxygen atoms in total. The first-order valence-electron chi connectivity index (χ1n) is 9.09. The van der Waals surface area contributed by atoms with Crippen molar-refractivity contribution >= 4 is 41.1 Å². The number of rotatable bonds is 6. The van der Waals surface area contributed by atoms with Gasteiger partial charge in [0.15, 0.2) is 6.04 Å². The maximum absolute atomic E-state index is 12.4. The highest BCUT2D eigenvalue weighted by Crippen LogP contribution is 2.30. The van der Waals surface area contributed by atoms with Crippen LogP contribution < -0.4 is 15.6 Å². The molecule has 0 aliphatic carbocycles. The number of ether oxygens (including phenoxy) is 2. The van der Waals surface area contributed by atoms with Crippen molar-refractivity contribution in [2.45, 2.75) is 19.0 Å². The number of esters is 1. The van der Waals surface area contributed by atoms with Crippen LogP contribution in [-0.2, 0) is 14.3 Å². The van der Waals surface area contributed by atoms with Gasteiger partial charge >= 0.3 is 5.97 Å². The summed E-state index contributed by atoms with van der Waals surface area (Å²) >= 11 is 6.05. The molecule has 0 aromatic heterocycles. The summed E-state index contributed by atoms with van der Waals surface area (Å²) in [5, 5.41) is 0.589. The van der Waals surface area contributed by atoms with Crippen LogP contribution in [0, 0.1) is 0 Å². The van der Waals surface area contributed by atoms with E-state index in [4.69, 9.17) is 26.1 Å². The van der Waals surface area contributed by atoms with E-state index in [9.17, 15) is 9.59 Å². The van der Waals surface area contributed by atoms with Crippen molar-refractivity contribution in [2.75, 3.05) is 14.2 Å². The smallest absolute Gasteiger partial charge is 0.327 e. The Morgan fingerprint density at radius 2 is 1.87 bits per heavy atom. The van der Waals surface area contributed by atoms with Crippen LogP contribution in [0.2, 0.25) is 5.02 Å². The predicted octanol–water partition coefficient (Wildman–Crippen LogP) is 2.45. The van der Waals surface area contributed by atoms with Gasteiger partial charge in [-0.05, 0) is 30.3 Å². The summed E-state index contributed by atoms with van der Waals surface area (Å²) in [6.07, 6.45) is 1.55. The van der Waals surface area contributed by atoms with Crippen LogP contribution in [0.4, 0.5) is 5.69 Å². The van der Waals surface area contributed by atoms with E-state index in [1.165, 1.54) is 14.0 Å². The lowest BCUT2D eigenvalue weighted by molar-refractivity contribution is -0.143. The van der Waals surface area contributed by atoms with Gasteiger partial charge in [-0.2, -0.15) is 0 Å². The third-order valence-corrected chi connectivity index (χ3v) is 4.67. The Bertz CT molecular complexity index is 1000. The van der Waals surface area contributed by atoms with Crippen molar-refractivity contribution in [3.8, 4) is 5.75 Å². The number of hydrogen-bond donors (Lipinski definition) is 2. The first kappa shape index (κ1) is 21.5. The molecule has 0 fully saturated rings. The largest absolute Gasteiger partial charge is 0.497 e. The minimum absolute atomic E-state index is 0.357. The Kier molecular flexibility index (Phi) is 6.81. The Morgan fingerprint density at radius 3 is 2.50 bits per heavy atom. The van der Waals surface area contributed by atoms with Crippen molar-refractivity contribution < 1.29 is 19.1 Å². The molecule has 1 aliphatic rings. The molecule has 2 aromatic rings. The van der Waals surface area contributed by atoms with Crippen molar-refractivity contribution in [3.63, 3.8) is 0 Å². The molecule has 0 radical (unpaired) electrons. The van der Waals surface area contributed by atoms with E-state index >= 15 is 0 Å². The molecule has 9 heteroatoms. The molecule has 0 unspecified atom stereocenters. The molecule has 0 spiro atoms. The van der Waals surface area contributed by atoms with Crippen LogP contribution in [0.15, 0.2) is 52.4 Å². The molecule has 1 amide bonds. The van der Waals surface area contributed by atoms with Gasteiger partial charge in [0.1, 0.15) is 11.8 Å². The van der Waals surface area contributed by atoms with Gasteiger partial charge in [-0.15, -0.1) is 0 Å². The minimum atomic E-state index is -0.985. The van der Waals surface area contributed by atoms with Crippen LogP contribution in [0.5, 0.6) is 5.75 Å². The van der Waals surface area contributed by atoms with Crippen molar-refractivity contribution in [3.05, 3.63) is 58.6 Å². The number of nitrogens with one attached hydrogen (secondary N) is 2. The highest BCUT2D eigenvalue weighted by atomic mass is 35.5. The van der Waals surface area contributed by atoms with Crippen LogP contribution in [-0.4, -0.2) is 50.1 Å². The van der Waals surface area contributed by atoms with Crippen molar-refractivity contribution in [1.82, 2.24) is 10.9 Å². The molecular weight excluding hydrogens is 408 g/mol. The average molecular weight is 429 g/mol. The van der Waals surface area contributed by atoms with E-state index in [1.54, 1.807) is 31.5 Å². The average Bonchev–Trinajstić information content (AvgIpc) is 2.93. The van der Waals surface area contributed by atoms with Crippen LogP contribution in [0.3, 0.4) is 0 Å². The van der Waals surface area contributed by atoms with E-state index in [-0.39, 0.29) is 5.91 Å². The lowest BCUT2D eigenvalue weighted by Gasteiger charge is -2.21. The lowest BCUT2D eigenvalue weighted by atomic mass is 10.00. The molecule has 2 aromatic carbocycles. The van der Waals surface area contributed by atoms with E-state index in [0.29, 0.717) is 22.2 Å². The number of carbonyl (C=O) groups excluding carboxylic acids is 2. The number of hydrazine groups is 1. The van der Waals surface area contributed by atoms with Gasteiger partial charge in [0.2, 0.25) is 5.91 Å². The number of carbonyl (C=O) groups is 2. The van der Waals surface area contributed by atoms with Crippen LogP contribution in [0.1, 0.15) is 18.1 Å². The molecule has 30 heavy (non-hydrogen) atoms. The molecule has 156 valence electrons. The zero-order valence-corrected chi connectivity index (χ0v) is 17.4. The number of nitrogens with zero attached hydrogens (tertiary/aromatic N) is 2. The molecule has 0 bridgehead atoms. The topological polar surface area (TPSA) is 101 Å². The second-order valence-electron chi connectivity index (χ2n) is 6.46. The number of halogens is 1. The molecule has 3 rings (SSSR count). The molecule has 2 N–H and O–H groups in total. The number of hydrogen-bond acceptors (Lipinski definition) is 7. The second-order valence-corrected chi connectivity index (χ2v) is 6.90. The SMILES string of the molecule is COC(=O)[C@H](NNC(C)=O)[C@H]1C=Nc2ccc(OC)cc2C(c2ccc(Cl)cc2)=N1. The van der Waals surface area contributed by atoms with Gasteiger partial charge in [0.05, 0.1) is 25.6 Å². The van der Waals surface area contributed by atoms with Gasteiger partial charge in [0, 0.05) is 29.3 Å². The summed E-state index contributed by atoms with van der Waals surface area (Å²) in [6, 6.07) is 10.9. The van der Waals surface area contributed by atoms with E-state index in [2.05, 4.69) is 15.8 Å².